The number of phenols is 3. The van der Waals surface area contributed by atoms with Gasteiger partial charge in [0.1, 0.15) is 17.2 Å². The summed E-state index contributed by atoms with van der Waals surface area (Å²) in [7, 11) is 2.04. The van der Waals surface area contributed by atoms with Crippen molar-refractivity contribution in [1.29, 1.82) is 0 Å². The zero-order chi connectivity index (χ0) is 21.4. The summed E-state index contributed by atoms with van der Waals surface area (Å²) >= 11 is 1.19. The van der Waals surface area contributed by atoms with Gasteiger partial charge in [0.15, 0.2) is 0 Å². The van der Waals surface area contributed by atoms with Crippen LogP contribution >= 0.6 is 11.8 Å². The van der Waals surface area contributed by atoms with Crippen molar-refractivity contribution >= 4 is 23.7 Å². The third-order valence-corrected chi connectivity index (χ3v) is 5.51. The molecule has 0 radical (unpaired) electrons. The van der Waals surface area contributed by atoms with E-state index in [9.17, 15) is 20.1 Å². The van der Waals surface area contributed by atoms with Crippen LogP contribution in [-0.2, 0) is 4.79 Å². The maximum atomic E-state index is 12.2. The number of amides is 1. The highest BCUT2D eigenvalue weighted by atomic mass is 32.2. The first kappa shape index (κ1) is 22.6. The number of piperazine rings is 1. The molecule has 3 rings (SSSR count). The van der Waals surface area contributed by atoms with Crippen molar-refractivity contribution in [2.24, 2.45) is 0 Å². The SMILES string of the molecule is CC.CN1CCN(C(=O)/C=C/c2ccc(Sc3ccc(O)cc3O)c(O)c2)CC1. The summed E-state index contributed by atoms with van der Waals surface area (Å²) in [6.07, 6.45) is 3.21. The van der Waals surface area contributed by atoms with E-state index < -0.39 is 0 Å². The van der Waals surface area contributed by atoms with Crippen LogP contribution in [0.4, 0.5) is 0 Å². The molecule has 29 heavy (non-hydrogen) atoms. The van der Waals surface area contributed by atoms with Gasteiger partial charge < -0.3 is 25.1 Å². The molecule has 6 nitrogen and oxygen atoms in total. The van der Waals surface area contributed by atoms with E-state index in [2.05, 4.69) is 4.90 Å². The number of carbonyl (C=O) groups is 1. The molecule has 1 fully saturated rings. The average Bonchev–Trinajstić information content (AvgIpc) is 2.72. The molecule has 3 N–H and O–H groups in total. The van der Waals surface area contributed by atoms with Crippen molar-refractivity contribution < 1.29 is 20.1 Å². The van der Waals surface area contributed by atoms with Crippen molar-refractivity contribution in [3.8, 4) is 17.2 Å². The van der Waals surface area contributed by atoms with Crippen LogP contribution in [0, 0.1) is 0 Å². The normalized spacial score (nSPS) is 14.5. The second-order valence-electron chi connectivity index (χ2n) is 6.44. The molecule has 1 aliphatic rings. The molecule has 1 amide bonds. The molecule has 0 atom stereocenters. The van der Waals surface area contributed by atoms with Gasteiger partial charge in [-0.2, -0.15) is 0 Å². The minimum atomic E-state index is -0.0545. The lowest BCUT2D eigenvalue weighted by Gasteiger charge is -2.31. The monoisotopic (exact) mass is 416 g/mol. The lowest BCUT2D eigenvalue weighted by molar-refractivity contribution is -0.127. The zero-order valence-electron chi connectivity index (χ0n) is 17.0. The van der Waals surface area contributed by atoms with Gasteiger partial charge in [0.05, 0.1) is 9.79 Å². The zero-order valence-corrected chi connectivity index (χ0v) is 17.8. The van der Waals surface area contributed by atoms with Crippen LogP contribution in [-0.4, -0.2) is 64.3 Å². The Hall–Kier alpha value is -2.64. The van der Waals surface area contributed by atoms with E-state index >= 15 is 0 Å². The quantitative estimate of drug-likeness (QED) is 0.658. The number of benzene rings is 2. The fraction of sp³-hybridized carbons (Fsp3) is 0.318. The van der Waals surface area contributed by atoms with Gasteiger partial charge in [-0.25, -0.2) is 0 Å². The largest absolute Gasteiger partial charge is 0.508 e. The molecule has 0 spiro atoms. The van der Waals surface area contributed by atoms with Gasteiger partial charge in [0, 0.05) is 38.3 Å². The molecule has 0 saturated carbocycles. The third-order valence-electron chi connectivity index (χ3n) is 4.38. The predicted molar refractivity (Wildman–Crippen MR) is 116 cm³/mol. The summed E-state index contributed by atoms with van der Waals surface area (Å²) in [5, 5.41) is 29.5. The van der Waals surface area contributed by atoms with Crippen molar-refractivity contribution in [2.75, 3.05) is 33.2 Å². The van der Waals surface area contributed by atoms with Crippen LogP contribution < -0.4 is 0 Å². The molecule has 0 aromatic heterocycles. The number of hydrogen-bond acceptors (Lipinski definition) is 6. The molecular formula is C22H28N2O4S. The van der Waals surface area contributed by atoms with E-state index in [0.29, 0.717) is 15.4 Å². The van der Waals surface area contributed by atoms with E-state index in [1.807, 2.05) is 25.8 Å². The van der Waals surface area contributed by atoms with Gasteiger partial charge in [-0.05, 0) is 43.0 Å². The molecule has 7 heteroatoms. The maximum Gasteiger partial charge on any atom is 0.246 e. The second kappa shape index (κ2) is 10.8. The number of carbonyl (C=O) groups excluding carboxylic acids is 1. The Labute approximate surface area is 176 Å². The molecule has 1 heterocycles. The Balaban J connectivity index is 0.00000145. The fourth-order valence-corrected chi connectivity index (χ4v) is 3.57. The summed E-state index contributed by atoms with van der Waals surface area (Å²) in [5.41, 5.74) is 0.717. The summed E-state index contributed by atoms with van der Waals surface area (Å²) in [5.74, 6) is -0.0514. The number of rotatable bonds is 4. The van der Waals surface area contributed by atoms with Gasteiger partial charge in [0.25, 0.3) is 0 Å². The number of hydrogen-bond donors (Lipinski definition) is 3. The summed E-state index contributed by atoms with van der Waals surface area (Å²) in [4.78, 5) is 17.3. The number of phenolic OH excluding ortho intramolecular Hbond substituents is 3. The first-order valence-electron chi connectivity index (χ1n) is 9.61. The molecule has 1 saturated heterocycles. The van der Waals surface area contributed by atoms with E-state index in [0.717, 1.165) is 26.2 Å². The van der Waals surface area contributed by atoms with Gasteiger partial charge in [-0.1, -0.05) is 31.7 Å². The molecular weight excluding hydrogens is 388 g/mol. The van der Waals surface area contributed by atoms with Crippen molar-refractivity contribution in [1.82, 2.24) is 9.80 Å². The highest BCUT2D eigenvalue weighted by Gasteiger charge is 2.16. The number of nitrogens with zero attached hydrogens (tertiary/aromatic N) is 2. The predicted octanol–water partition coefficient (Wildman–Crippen LogP) is 3.77. The molecule has 0 aliphatic carbocycles. The number of likely N-dealkylation sites (N-methyl/N-ethyl adjacent to an activating group) is 1. The van der Waals surface area contributed by atoms with E-state index in [1.165, 1.54) is 30.0 Å². The van der Waals surface area contributed by atoms with E-state index in [-0.39, 0.29) is 23.2 Å². The van der Waals surface area contributed by atoms with E-state index in [4.69, 9.17) is 0 Å². The highest BCUT2D eigenvalue weighted by Crippen LogP contribution is 2.40. The van der Waals surface area contributed by atoms with Crippen molar-refractivity contribution in [3.63, 3.8) is 0 Å². The Kier molecular flexibility index (Phi) is 8.42. The molecule has 1 aliphatic heterocycles. The Morgan fingerprint density at radius 3 is 2.10 bits per heavy atom. The van der Waals surface area contributed by atoms with Crippen LogP contribution in [0.1, 0.15) is 19.4 Å². The Morgan fingerprint density at radius 1 is 0.931 bits per heavy atom. The molecule has 156 valence electrons. The summed E-state index contributed by atoms with van der Waals surface area (Å²) < 4.78 is 0. The summed E-state index contributed by atoms with van der Waals surface area (Å²) in [6, 6.07) is 9.41. The van der Waals surface area contributed by atoms with Gasteiger partial charge in [-0.15, -0.1) is 0 Å². The molecule has 2 aromatic rings. The smallest absolute Gasteiger partial charge is 0.246 e. The van der Waals surface area contributed by atoms with Crippen LogP contribution in [0.3, 0.4) is 0 Å². The lowest BCUT2D eigenvalue weighted by Crippen LogP contribution is -2.46. The van der Waals surface area contributed by atoms with Crippen LogP contribution in [0.25, 0.3) is 6.08 Å². The van der Waals surface area contributed by atoms with Crippen molar-refractivity contribution in [3.05, 3.63) is 48.0 Å². The molecule has 2 aromatic carbocycles. The first-order valence-corrected chi connectivity index (χ1v) is 10.4. The third kappa shape index (κ3) is 6.44. The van der Waals surface area contributed by atoms with Crippen LogP contribution in [0.2, 0.25) is 0 Å². The van der Waals surface area contributed by atoms with E-state index in [1.54, 1.807) is 30.3 Å². The van der Waals surface area contributed by atoms with Crippen LogP contribution in [0.15, 0.2) is 52.3 Å². The van der Waals surface area contributed by atoms with Crippen molar-refractivity contribution in [2.45, 2.75) is 23.6 Å². The topological polar surface area (TPSA) is 84.2 Å². The average molecular weight is 417 g/mol. The Morgan fingerprint density at radius 2 is 1.52 bits per heavy atom. The first-order chi connectivity index (χ1) is 13.9. The highest BCUT2D eigenvalue weighted by molar-refractivity contribution is 7.99. The van der Waals surface area contributed by atoms with Gasteiger partial charge >= 0.3 is 0 Å². The standard InChI is InChI=1S/C20H22N2O4S.C2H6/c1-21-8-10-22(11-9-21)20(26)7-3-14-2-5-18(16(24)12-14)27-19-6-4-15(23)13-17(19)25;1-2/h2-7,12-13,23-25H,8-11H2,1H3;1-2H3/b7-3+;. The minimum absolute atomic E-state index is 0.0217. The van der Waals surface area contributed by atoms with Gasteiger partial charge in [0.2, 0.25) is 5.91 Å². The summed E-state index contributed by atoms with van der Waals surface area (Å²) in [6.45, 7) is 7.18. The minimum Gasteiger partial charge on any atom is -0.508 e. The lowest BCUT2D eigenvalue weighted by atomic mass is 10.2. The maximum absolute atomic E-state index is 12.2. The second-order valence-corrected chi connectivity index (χ2v) is 7.53. The Bertz CT molecular complexity index is 862. The number of aromatic hydroxyl groups is 3. The fourth-order valence-electron chi connectivity index (χ4n) is 2.73. The molecule has 0 bridgehead atoms. The van der Waals surface area contributed by atoms with Crippen LogP contribution in [0.5, 0.6) is 17.2 Å². The van der Waals surface area contributed by atoms with Gasteiger partial charge in [-0.3, -0.25) is 4.79 Å². The molecule has 0 unspecified atom stereocenters.